The molecule has 8 nitrogen and oxygen atoms in total. The molecule has 1 atom stereocenters. The maximum atomic E-state index is 13.3. The number of carbonyl (C=O) groups is 2. The number of aromatic nitrogens is 1. The van der Waals surface area contributed by atoms with E-state index in [0.29, 0.717) is 19.1 Å². The molecule has 0 saturated carbocycles. The molecule has 2 aromatic rings. The molecule has 2 amide bonds. The van der Waals surface area contributed by atoms with E-state index in [0.717, 1.165) is 72.3 Å². The van der Waals surface area contributed by atoms with Crippen LogP contribution in [0.4, 0.5) is 0 Å². The van der Waals surface area contributed by atoms with E-state index in [9.17, 15) is 9.59 Å². The fourth-order valence-corrected chi connectivity index (χ4v) is 5.80. The Morgan fingerprint density at radius 2 is 1.97 bits per heavy atom. The Morgan fingerprint density at radius 3 is 2.73 bits per heavy atom. The highest BCUT2D eigenvalue weighted by atomic mass is 16.5. The SMILES string of the molecule is COCCNC(=O)C1=CC2(C)CN(CC3CCN(C(=O)c4cn(C)c5ccccc45)CC3)N=C2C=C1C. The van der Waals surface area contributed by atoms with E-state index >= 15 is 0 Å². The maximum absolute atomic E-state index is 13.3. The maximum Gasteiger partial charge on any atom is 0.256 e. The highest BCUT2D eigenvalue weighted by Gasteiger charge is 2.40. The first-order valence-electron chi connectivity index (χ1n) is 13.1. The van der Waals surface area contributed by atoms with Crippen molar-refractivity contribution in [1.82, 2.24) is 19.8 Å². The van der Waals surface area contributed by atoms with Gasteiger partial charge in [-0.05, 0) is 50.3 Å². The van der Waals surface area contributed by atoms with Gasteiger partial charge in [0, 0.05) is 68.4 Å². The molecule has 1 aromatic carbocycles. The van der Waals surface area contributed by atoms with Crippen LogP contribution in [-0.4, -0.2) is 78.4 Å². The zero-order chi connectivity index (χ0) is 26.2. The second-order valence-electron chi connectivity index (χ2n) is 10.8. The van der Waals surface area contributed by atoms with Gasteiger partial charge in [0.25, 0.3) is 11.8 Å². The lowest BCUT2D eigenvalue weighted by Crippen LogP contribution is -2.41. The number of para-hydroxylation sites is 1. The van der Waals surface area contributed by atoms with Crippen molar-refractivity contribution in [3.8, 4) is 0 Å². The standard InChI is InChI=1S/C29H37N5O3/c1-20-15-26-29(2,16-23(20)27(35)30-11-14-37-4)19-34(31-26)17-21-9-12-33(13-10-21)28(36)24-18-32(3)25-8-6-5-7-22(24)25/h5-8,15-16,18,21H,9-14,17,19H2,1-4H3,(H,30,35). The third-order valence-electron chi connectivity index (χ3n) is 7.92. The highest BCUT2D eigenvalue weighted by molar-refractivity contribution is 6.09. The summed E-state index contributed by atoms with van der Waals surface area (Å²) in [5.74, 6) is 0.542. The Balaban J connectivity index is 1.19. The second kappa shape index (κ2) is 10.2. The van der Waals surface area contributed by atoms with Gasteiger partial charge in [0.2, 0.25) is 0 Å². The fourth-order valence-electron chi connectivity index (χ4n) is 5.80. The number of amides is 2. The van der Waals surface area contributed by atoms with E-state index < -0.39 is 0 Å². The molecule has 3 heterocycles. The number of hydrogen-bond acceptors (Lipinski definition) is 5. The molecule has 8 heteroatoms. The number of fused-ring (bicyclic) bond motifs is 2. The molecule has 5 rings (SSSR count). The van der Waals surface area contributed by atoms with Gasteiger partial charge in [-0.1, -0.05) is 24.3 Å². The smallest absolute Gasteiger partial charge is 0.256 e. The predicted molar refractivity (Wildman–Crippen MR) is 145 cm³/mol. The third-order valence-corrected chi connectivity index (χ3v) is 7.92. The van der Waals surface area contributed by atoms with Crippen LogP contribution in [0.15, 0.2) is 58.9 Å². The van der Waals surface area contributed by atoms with E-state index in [1.807, 2.05) is 47.8 Å². The molecule has 0 spiro atoms. The van der Waals surface area contributed by atoms with Crippen molar-refractivity contribution >= 4 is 28.4 Å². The zero-order valence-electron chi connectivity index (χ0n) is 22.3. The van der Waals surface area contributed by atoms with Crippen molar-refractivity contribution in [2.24, 2.45) is 23.5 Å². The van der Waals surface area contributed by atoms with Crippen LogP contribution in [0, 0.1) is 11.3 Å². The monoisotopic (exact) mass is 503 g/mol. The average Bonchev–Trinajstić information content (AvgIpc) is 3.39. The van der Waals surface area contributed by atoms with Crippen LogP contribution in [0.3, 0.4) is 0 Å². The molecule has 1 saturated heterocycles. The first-order chi connectivity index (χ1) is 17.8. The minimum absolute atomic E-state index is 0.0623. The van der Waals surface area contributed by atoms with E-state index in [1.54, 1.807) is 7.11 Å². The Hall–Kier alpha value is -3.39. The number of piperidine rings is 1. The molecule has 1 aromatic heterocycles. The van der Waals surface area contributed by atoms with Crippen LogP contribution in [-0.2, 0) is 16.6 Å². The highest BCUT2D eigenvalue weighted by Crippen LogP contribution is 2.37. The molecule has 196 valence electrons. The molecule has 0 bridgehead atoms. The molecule has 0 radical (unpaired) electrons. The molecule has 3 aliphatic rings. The molecule has 1 unspecified atom stereocenters. The van der Waals surface area contributed by atoms with Gasteiger partial charge < -0.3 is 19.5 Å². The number of carbonyl (C=O) groups excluding carboxylic acids is 2. The molecular weight excluding hydrogens is 466 g/mol. The summed E-state index contributed by atoms with van der Waals surface area (Å²) in [6, 6.07) is 8.08. The summed E-state index contributed by atoms with van der Waals surface area (Å²) in [5, 5.41) is 11.0. The number of methoxy groups -OCH3 is 1. The fraction of sp³-hybridized carbons (Fsp3) is 0.483. The molecule has 2 aliphatic heterocycles. The van der Waals surface area contributed by atoms with Crippen LogP contribution in [0.5, 0.6) is 0 Å². The summed E-state index contributed by atoms with van der Waals surface area (Å²) in [7, 11) is 3.62. The largest absolute Gasteiger partial charge is 0.383 e. The van der Waals surface area contributed by atoms with E-state index in [2.05, 4.69) is 35.5 Å². The summed E-state index contributed by atoms with van der Waals surface area (Å²) in [6.45, 7) is 8.26. The van der Waals surface area contributed by atoms with E-state index in [4.69, 9.17) is 9.84 Å². The van der Waals surface area contributed by atoms with Gasteiger partial charge in [0.05, 0.1) is 24.4 Å². The molecular formula is C29H37N5O3. The van der Waals surface area contributed by atoms with Crippen LogP contribution < -0.4 is 5.32 Å². The topological polar surface area (TPSA) is 79.2 Å². The Kier molecular flexibility index (Phi) is 6.94. The van der Waals surface area contributed by atoms with Crippen molar-refractivity contribution in [3.63, 3.8) is 0 Å². The normalized spacial score (nSPS) is 22.0. The molecule has 1 N–H and O–H groups in total. The number of aryl methyl sites for hydroxylation is 1. The van der Waals surface area contributed by atoms with Crippen LogP contribution in [0.25, 0.3) is 10.9 Å². The van der Waals surface area contributed by atoms with Gasteiger partial charge in [-0.3, -0.25) is 14.6 Å². The van der Waals surface area contributed by atoms with Crippen molar-refractivity contribution in [2.75, 3.05) is 46.4 Å². The minimum Gasteiger partial charge on any atom is -0.383 e. The Morgan fingerprint density at radius 1 is 1.22 bits per heavy atom. The number of nitrogens with zero attached hydrogens (tertiary/aromatic N) is 4. The second-order valence-corrected chi connectivity index (χ2v) is 10.8. The van der Waals surface area contributed by atoms with Crippen LogP contribution in [0.1, 0.15) is 37.0 Å². The first-order valence-corrected chi connectivity index (χ1v) is 13.1. The van der Waals surface area contributed by atoms with Gasteiger partial charge in [-0.2, -0.15) is 5.10 Å². The van der Waals surface area contributed by atoms with Crippen molar-refractivity contribution in [3.05, 3.63) is 59.3 Å². The van der Waals surface area contributed by atoms with E-state index in [-0.39, 0.29) is 17.2 Å². The number of rotatable bonds is 7. The van der Waals surface area contributed by atoms with Crippen molar-refractivity contribution < 1.29 is 14.3 Å². The number of likely N-dealkylation sites (tertiary alicyclic amines) is 1. The molecule has 1 aliphatic carbocycles. The van der Waals surface area contributed by atoms with Crippen LogP contribution >= 0.6 is 0 Å². The lowest BCUT2D eigenvalue weighted by Gasteiger charge is -2.34. The lowest BCUT2D eigenvalue weighted by atomic mass is 9.77. The third kappa shape index (κ3) is 4.94. The van der Waals surface area contributed by atoms with Crippen molar-refractivity contribution in [1.29, 1.82) is 0 Å². The Labute approximate surface area is 218 Å². The van der Waals surface area contributed by atoms with Gasteiger partial charge in [-0.25, -0.2) is 0 Å². The predicted octanol–water partition coefficient (Wildman–Crippen LogP) is 3.36. The quantitative estimate of drug-likeness (QED) is 0.588. The molecule has 1 fully saturated rings. The zero-order valence-corrected chi connectivity index (χ0v) is 22.3. The number of allylic oxidation sites excluding steroid dienone is 1. The summed E-state index contributed by atoms with van der Waals surface area (Å²) >= 11 is 0. The number of hydrogen-bond donors (Lipinski definition) is 1. The molecule has 37 heavy (non-hydrogen) atoms. The van der Waals surface area contributed by atoms with Crippen molar-refractivity contribution in [2.45, 2.75) is 26.7 Å². The average molecular weight is 504 g/mol. The number of benzene rings is 1. The van der Waals surface area contributed by atoms with Crippen LogP contribution in [0.2, 0.25) is 0 Å². The lowest BCUT2D eigenvalue weighted by molar-refractivity contribution is -0.117. The number of hydrazone groups is 1. The number of ether oxygens (including phenoxy) is 1. The summed E-state index contributed by atoms with van der Waals surface area (Å²) < 4.78 is 7.07. The van der Waals surface area contributed by atoms with Gasteiger partial charge in [0.15, 0.2) is 0 Å². The summed E-state index contributed by atoms with van der Waals surface area (Å²) in [5.41, 5.74) is 4.27. The first kappa shape index (κ1) is 25.3. The van der Waals surface area contributed by atoms with Gasteiger partial charge in [0.1, 0.15) is 0 Å². The number of nitrogens with one attached hydrogen (secondary N) is 1. The summed E-state index contributed by atoms with van der Waals surface area (Å²) in [4.78, 5) is 28.0. The van der Waals surface area contributed by atoms with E-state index in [1.165, 1.54) is 0 Å². The Bertz CT molecular complexity index is 1300. The van der Waals surface area contributed by atoms with Gasteiger partial charge >= 0.3 is 0 Å². The van der Waals surface area contributed by atoms with Gasteiger partial charge in [-0.15, -0.1) is 0 Å². The summed E-state index contributed by atoms with van der Waals surface area (Å²) in [6.07, 6.45) is 8.02. The minimum atomic E-state index is -0.279.